The van der Waals surface area contributed by atoms with Crippen LogP contribution in [0.4, 0.5) is 0 Å². The van der Waals surface area contributed by atoms with Gasteiger partial charge in [0.05, 0.1) is 36.3 Å². The van der Waals surface area contributed by atoms with Gasteiger partial charge >= 0.3 is 0 Å². The molecule has 1 heterocycles. The quantitative estimate of drug-likeness (QED) is 0.390. The summed E-state index contributed by atoms with van der Waals surface area (Å²) in [6, 6.07) is 0. The Labute approximate surface area is 132 Å². The lowest BCUT2D eigenvalue weighted by atomic mass is 10.0. The van der Waals surface area contributed by atoms with E-state index in [9.17, 15) is 0 Å². The third kappa shape index (κ3) is 13.3. The first-order valence-corrected chi connectivity index (χ1v) is 10.4. The molecule has 0 saturated carbocycles. The highest BCUT2D eigenvalue weighted by Crippen LogP contribution is 2.21. The Morgan fingerprint density at radius 2 is 1.38 bits per heavy atom. The van der Waals surface area contributed by atoms with Gasteiger partial charge in [-0.05, 0) is 38.5 Å². The molecule has 1 fully saturated rings. The molecule has 0 aromatic heterocycles. The van der Waals surface area contributed by atoms with Gasteiger partial charge in [0.1, 0.15) is 0 Å². The standard InChI is InChI=1S/C15H32N.CH4O3S/c1-3-5-6-7-9-13-16(12-4-2)14-10-8-11-15-16;1-5(2,3)4/h3-15H2,1-2H3;1H3,(H,2,3,4)/q+1;/p-1. The zero-order valence-electron chi connectivity index (χ0n) is 14.3. The predicted octanol–water partition coefficient (Wildman–Crippen LogP) is 3.53. The van der Waals surface area contributed by atoms with Gasteiger partial charge in [0.15, 0.2) is 0 Å². The minimum atomic E-state index is -3.92. The Morgan fingerprint density at radius 1 is 0.857 bits per heavy atom. The number of hydrogen-bond acceptors (Lipinski definition) is 3. The fourth-order valence-electron chi connectivity index (χ4n) is 3.27. The van der Waals surface area contributed by atoms with Crippen molar-refractivity contribution < 1.29 is 17.5 Å². The second-order valence-corrected chi connectivity index (χ2v) is 7.82. The maximum Gasteiger partial charge on any atom is 0.0916 e. The number of hydrogen-bond donors (Lipinski definition) is 0. The van der Waals surface area contributed by atoms with Gasteiger partial charge in [-0.3, -0.25) is 0 Å². The Bertz CT molecular complexity index is 322. The molecule has 5 heteroatoms. The molecule has 1 rings (SSSR count). The predicted molar refractivity (Wildman–Crippen MR) is 88.3 cm³/mol. The van der Waals surface area contributed by atoms with E-state index >= 15 is 0 Å². The number of nitrogens with zero attached hydrogens (tertiary/aromatic N) is 1. The number of likely N-dealkylation sites (tertiary alicyclic amines) is 1. The average Bonchev–Trinajstić information content (AvgIpc) is 2.38. The van der Waals surface area contributed by atoms with E-state index in [2.05, 4.69) is 13.8 Å². The Balaban J connectivity index is 0.000000690. The highest BCUT2D eigenvalue weighted by Gasteiger charge is 2.27. The molecule has 0 bridgehead atoms. The van der Waals surface area contributed by atoms with Crippen LogP contribution in [0.25, 0.3) is 0 Å². The summed E-state index contributed by atoms with van der Waals surface area (Å²) < 4.78 is 28.7. The number of piperidine rings is 1. The monoisotopic (exact) mass is 321 g/mol. The summed E-state index contributed by atoms with van der Waals surface area (Å²) in [6.45, 7) is 10.5. The first-order valence-electron chi connectivity index (χ1n) is 8.59. The number of rotatable bonds is 8. The number of unbranched alkanes of at least 4 members (excludes halogenated alkanes) is 4. The molecule has 1 saturated heterocycles. The highest BCUT2D eigenvalue weighted by molar-refractivity contribution is 7.84. The van der Waals surface area contributed by atoms with Crippen LogP contribution in [0.2, 0.25) is 0 Å². The van der Waals surface area contributed by atoms with Crippen LogP contribution in [-0.2, 0) is 10.1 Å². The van der Waals surface area contributed by atoms with E-state index in [0.29, 0.717) is 6.26 Å². The van der Waals surface area contributed by atoms with Crippen LogP contribution in [0.1, 0.15) is 71.6 Å². The largest absolute Gasteiger partial charge is 0.748 e. The van der Waals surface area contributed by atoms with Crippen LogP contribution in [0.15, 0.2) is 0 Å². The van der Waals surface area contributed by atoms with Crippen LogP contribution in [0.5, 0.6) is 0 Å². The number of quaternary nitrogens is 1. The van der Waals surface area contributed by atoms with Crippen LogP contribution < -0.4 is 0 Å². The Kier molecular flexibility index (Phi) is 11.4. The van der Waals surface area contributed by atoms with Gasteiger partial charge in [0.25, 0.3) is 0 Å². The molecule has 0 aromatic rings. The van der Waals surface area contributed by atoms with E-state index in [1.165, 1.54) is 88.4 Å². The van der Waals surface area contributed by atoms with Crippen molar-refractivity contribution in [2.45, 2.75) is 71.6 Å². The second kappa shape index (κ2) is 11.4. The molecular weight excluding hydrogens is 286 g/mol. The lowest BCUT2D eigenvalue weighted by Gasteiger charge is -2.41. The summed E-state index contributed by atoms with van der Waals surface area (Å²) in [7, 11) is -3.92. The van der Waals surface area contributed by atoms with Crippen molar-refractivity contribution in [2.75, 3.05) is 32.4 Å². The summed E-state index contributed by atoms with van der Waals surface area (Å²) in [5.41, 5.74) is 0. The minimum Gasteiger partial charge on any atom is -0.748 e. The minimum absolute atomic E-state index is 0.604. The van der Waals surface area contributed by atoms with E-state index in [-0.39, 0.29) is 0 Å². The molecule has 0 spiro atoms. The third-order valence-electron chi connectivity index (χ3n) is 4.20. The maximum atomic E-state index is 9.08. The third-order valence-corrected chi connectivity index (χ3v) is 4.20. The van der Waals surface area contributed by atoms with Crippen molar-refractivity contribution in [3.05, 3.63) is 0 Å². The van der Waals surface area contributed by atoms with Crippen molar-refractivity contribution in [3.63, 3.8) is 0 Å². The molecule has 0 radical (unpaired) electrons. The summed E-state index contributed by atoms with van der Waals surface area (Å²) in [4.78, 5) is 0. The summed E-state index contributed by atoms with van der Waals surface area (Å²) >= 11 is 0. The smallest absolute Gasteiger partial charge is 0.0916 e. The summed E-state index contributed by atoms with van der Waals surface area (Å²) in [5.74, 6) is 0. The Morgan fingerprint density at radius 3 is 1.86 bits per heavy atom. The lowest BCUT2D eigenvalue weighted by molar-refractivity contribution is -0.932. The van der Waals surface area contributed by atoms with Crippen molar-refractivity contribution in [1.82, 2.24) is 0 Å². The van der Waals surface area contributed by atoms with Gasteiger partial charge in [0.2, 0.25) is 0 Å². The van der Waals surface area contributed by atoms with Crippen LogP contribution in [0.3, 0.4) is 0 Å². The van der Waals surface area contributed by atoms with Gasteiger partial charge in [-0.25, -0.2) is 8.42 Å². The molecule has 0 aromatic carbocycles. The van der Waals surface area contributed by atoms with Crippen LogP contribution in [0, 0.1) is 0 Å². The van der Waals surface area contributed by atoms with Gasteiger partial charge in [-0.1, -0.05) is 33.1 Å². The van der Waals surface area contributed by atoms with Crippen molar-refractivity contribution >= 4 is 10.1 Å². The zero-order valence-corrected chi connectivity index (χ0v) is 15.1. The topological polar surface area (TPSA) is 57.2 Å². The molecule has 0 unspecified atom stereocenters. The molecule has 128 valence electrons. The SMILES string of the molecule is CCCCCCC[N+]1(CCC)CCCCC1.CS(=O)(=O)[O-]. The molecule has 0 aliphatic carbocycles. The van der Waals surface area contributed by atoms with Gasteiger partial charge in [-0.2, -0.15) is 0 Å². The maximum absolute atomic E-state index is 9.08. The van der Waals surface area contributed by atoms with E-state index in [0.717, 1.165) is 0 Å². The summed E-state index contributed by atoms with van der Waals surface area (Å²) in [6.07, 6.45) is 13.6. The fraction of sp³-hybridized carbons (Fsp3) is 1.00. The Hall–Kier alpha value is -0.130. The van der Waals surface area contributed by atoms with E-state index in [1.54, 1.807) is 0 Å². The second-order valence-electron chi connectivity index (χ2n) is 6.42. The first-order chi connectivity index (χ1) is 9.83. The van der Waals surface area contributed by atoms with E-state index in [4.69, 9.17) is 13.0 Å². The van der Waals surface area contributed by atoms with Crippen molar-refractivity contribution in [2.24, 2.45) is 0 Å². The summed E-state index contributed by atoms with van der Waals surface area (Å²) in [5, 5.41) is 0. The molecular formula is C16H35NO3S. The highest BCUT2D eigenvalue weighted by atomic mass is 32.2. The molecule has 21 heavy (non-hydrogen) atoms. The van der Waals surface area contributed by atoms with Gasteiger partial charge in [-0.15, -0.1) is 0 Å². The molecule has 1 aliphatic heterocycles. The van der Waals surface area contributed by atoms with Crippen LogP contribution >= 0.6 is 0 Å². The molecule has 0 amide bonds. The van der Waals surface area contributed by atoms with E-state index in [1.807, 2.05) is 0 Å². The molecule has 0 N–H and O–H groups in total. The van der Waals surface area contributed by atoms with E-state index < -0.39 is 10.1 Å². The molecule has 0 atom stereocenters. The average molecular weight is 322 g/mol. The fourth-order valence-corrected chi connectivity index (χ4v) is 3.27. The normalized spacial score (nSPS) is 17.9. The first kappa shape index (κ1) is 20.9. The molecule has 4 nitrogen and oxygen atoms in total. The van der Waals surface area contributed by atoms with Gasteiger partial charge < -0.3 is 9.04 Å². The van der Waals surface area contributed by atoms with Crippen molar-refractivity contribution in [1.29, 1.82) is 0 Å². The lowest BCUT2D eigenvalue weighted by Crippen LogP contribution is -2.52. The van der Waals surface area contributed by atoms with Gasteiger partial charge in [0, 0.05) is 6.26 Å². The van der Waals surface area contributed by atoms with Crippen LogP contribution in [-0.4, -0.2) is 49.9 Å². The zero-order chi connectivity index (χ0) is 16.2. The molecule has 1 aliphatic rings. The van der Waals surface area contributed by atoms with Crippen molar-refractivity contribution in [3.8, 4) is 0 Å².